The van der Waals surface area contributed by atoms with Gasteiger partial charge in [0.25, 0.3) is 0 Å². The average molecular weight is 463 g/mol. The lowest BCUT2D eigenvalue weighted by Gasteiger charge is -2.15. The molecule has 1 saturated carbocycles. The van der Waals surface area contributed by atoms with Crippen molar-refractivity contribution >= 4 is 11.6 Å². The Kier molecular flexibility index (Phi) is 6.52. The van der Waals surface area contributed by atoms with Crippen molar-refractivity contribution in [3.63, 3.8) is 0 Å². The predicted molar refractivity (Wildman–Crippen MR) is 114 cm³/mol. The van der Waals surface area contributed by atoms with Crippen molar-refractivity contribution in [1.82, 2.24) is 19.5 Å². The number of anilines is 2. The standard InChI is InChI=1S/C22H24F3N5O3/c1-13-9-30(12-26-13)18-6-5-15(8-19(18)32-2)27-21-28-16(10-33-11-22(23,24)25)7-17(29-21)20(31)14-3-4-14/h5-9,12,14,20,31H,3-4,10-11H2,1-2H3,(H,27,28,29). The molecular weight excluding hydrogens is 439 g/mol. The molecule has 2 N–H and O–H groups in total. The van der Waals surface area contributed by atoms with E-state index in [1.165, 1.54) is 6.07 Å². The minimum atomic E-state index is -4.43. The summed E-state index contributed by atoms with van der Waals surface area (Å²) in [6.07, 6.45) is 0.0525. The maximum absolute atomic E-state index is 12.4. The summed E-state index contributed by atoms with van der Waals surface area (Å²) < 4.78 is 49.4. The lowest BCUT2D eigenvalue weighted by atomic mass is 10.1. The fraction of sp³-hybridized carbons (Fsp3) is 0.409. The molecule has 1 unspecified atom stereocenters. The number of aromatic nitrogens is 4. The maximum Gasteiger partial charge on any atom is 0.411 e. The van der Waals surface area contributed by atoms with E-state index in [4.69, 9.17) is 9.47 Å². The molecule has 2 heterocycles. The van der Waals surface area contributed by atoms with E-state index >= 15 is 0 Å². The van der Waals surface area contributed by atoms with E-state index < -0.39 is 18.9 Å². The third-order valence-electron chi connectivity index (χ3n) is 5.11. The molecule has 0 saturated heterocycles. The quantitative estimate of drug-likeness (QED) is 0.490. The minimum Gasteiger partial charge on any atom is -0.494 e. The van der Waals surface area contributed by atoms with Crippen LogP contribution in [-0.4, -0.2) is 44.5 Å². The first-order valence-corrected chi connectivity index (χ1v) is 10.4. The van der Waals surface area contributed by atoms with E-state index in [-0.39, 0.29) is 24.2 Å². The topological polar surface area (TPSA) is 94.3 Å². The first-order valence-electron chi connectivity index (χ1n) is 10.4. The zero-order chi connectivity index (χ0) is 23.6. The highest BCUT2D eigenvalue weighted by molar-refractivity contribution is 5.62. The molecule has 0 bridgehead atoms. The van der Waals surface area contributed by atoms with Gasteiger partial charge in [-0.2, -0.15) is 13.2 Å². The number of aryl methyl sites for hydroxylation is 1. The van der Waals surface area contributed by atoms with Gasteiger partial charge in [0, 0.05) is 18.0 Å². The summed E-state index contributed by atoms with van der Waals surface area (Å²) in [5.41, 5.74) is 2.83. The predicted octanol–water partition coefficient (Wildman–Crippen LogP) is 4.25. The van der Waals surface area contributed by atoms with Crippen LogP contribution in [0.3, 0.4) is 0 Å². The number of nitrogens with one attached hydrogen (secondary N) is 1. The van der Waals surface area contributed by atoms with Gasteiger partial charge in [-0.3, -0.25) is 0 Å². The lowest BCUT2D eigenvalue weighted by molar-refractivity contribution is -0.176. The van der Waals surface area contributed by atoms with E-state index in [0.717, 1.165) is 24.2 Å². The van der Waals surface area contributed by atoms with Crippen LogP contribution in [0.1, 0.15) is 36.0 Å². The number of rotatable bonds is 9. The Bertz CT molecular complexity index is 1110. The Morgan fingerprint density at radius 3 is 2.67 bits per heavy atom. The van der Waals surface area contributed by atoms with Gasteiger partial charge < -0.3 is 24.5 Å². The van der Waals surface area contributed by atoms with Crippen LogP contribution in [0.15, 0.2) is 36.8 Å². The third kappa shape index (κ3) is 5.99. The van der Waals surface area contributed by atoms with Crippen molar-refractivity contribution in [2.24, 2.45) is 5.92 Å². The number of aliphatic hydroxyl groups is 1. The Morgan fingerprint density at radius 1 is 1.24 bits per heavy atom. The molecule has 1 aliphatic rings. The van der Waals surface area contributed by atoms with Gasteiger partial charge >= 0.3 is 6.18 Å². The second kappa shape index (κ2) is 9.36. The molecule has 1 fully saturated rings. The minimum absolute atomic E-state index is 0.0923. The van der Waals surface area contributed by atoms with E-state index in [2.05, 4.69) is 20.3 Å². The summed E-state index contributed by atoms with van der Waals surface area (Å²) in [6.45, 7) is 0.144. The van der Waals surface area contributed by atoms with Crippen LogP contribution in [0.4, 0.5) is 24.8 Å². The molecule has 0 spiro atoms. The summed E-state index contributed by atoms with van der Waals surface area (Å²) in [6, 6.07) is 6.85. The van der Waals surface area contributed by atoms with Crippen molar-refractivity contribution in [3.05, 3.63) is 53.9 Å². The summed E-state index contributed by atoms with van der Waals surface area (Å²) in [7, 11) is 1.55. The molecular formula is C22H24F3N5O3. The monoisotopic (exact) mass is 463 g/mol. The van der Waals surface area contributed by atoms with Gasteiger partial charge in [0.05, 0.1) is 48.9 Å². The molecule has 0 aliphatic heterocycles. The number of hydrogen-bond donors (Lipinski definition) is 2. The number of ether oxygens (including phenoxy) is 2. The van der Waals surface area contributed by atoms with Crippen molar-refractivity contribution < 1.29 is 27.8 Å². The number of halogens is 3. The van der Waals surface area contributed by atoms with Crippen LogP contribution in [0.2, 0.25) is 0 Å². The van der Waals surface area contributed by atoms with E-state index in [0.29, 0.717) is 17.1 Å². The Labute approximate surface area is 188 Å². The summed E-state index contributed by atoms with van der Waals surface area (Å²) in [5.74, 6) is 0.807. The molecule has 1 aromatic carbocycles. The maximum atomic E-state index is 12.4. The van der Waals surface area contributed by atoms with Crippen LogP contribution in [-0.2, 0) is 11.3 Å². The van der Waals surface area contributed by atoms with Crippen molar-refractivity contribution in [2.45, 2.75) is 38.7 Å². The number of aliphatic hydroxyl groups excluding tert-OH is 1. The van der Waals surface area contributed by atoms with Gasteiger partial charge in [0.15, 0.2) is 0 Å². The Morgan fingerprint density at radius 2 is 2.03 bits per heavy atom. The number of imidazole rings is 1. The van der Waals surface area contributed by atoms with Gasteiger partial charge in [-0.25, -0.2) is 15.0 Å². The number of benzene rings is 1. The normalized spacial score (nSPS) is 14.8. The molecule has 2 aromatic heterocycles. The summed E-state index contributed by atoms with van der Waals surface area (Å²) >= 11 is 0. The van der Waals surface area contributed by atoms with Crippen LogP contribution >= 0.6 is 0 Å². The molecule has 8 nitrogen and oxygen atoms in total. The smallest absolute Gasteiger partial charge is 0.411 e. The zero-order valence-electron chi connectivity index (χ0n) is 18.1. The van der Waals surface area contributed by atoms with Crippen LogP contribution in [0.5, 0.6) is 5.75 Å². The molecule has 0 amide bonds. The highest BCUT2D eigenvalue weighted by atomic mass is 19.4. The lowest BCUT2D eigenvalue weighted by Crippen LogP contribution is -2.17. The molecule has 11 heteroatoms. The highest BCUT2D eigenvalue weighted by Gasteiger charge is 2.32. The second-order valence-electron chi connectivity index (χ2n) is 7.93. The van der Waals surface area contributed by atoms with Crippen molar-refractivity contribution in [3.8, 4) is 11.4 Å². The zero-order valence-corrected chi connectivity index (χ0v) is 18.1. The largest absolute Gasteiger partial charge is 0.494 e. The van der Waals surface area contributed by atoms with Gasteiger partial charge in [-0.1, -0.05) is 0 Å². The van der Waals surface area contributed by atoms with E-state index in [1.807, 2.05) is 23.8 Å². The fourth-order valence-electron chi connectivity index (χ4n) is 3.38. The van der Waals surface area contributed by atoms with Crippen molar-refractivity contribution in [1.29, 1.82) is 0 Å². The second-order valence-corrected chi connectivity index (χ2v) is 7.93. The molecule has 1 atom stereocenters. The fourth-order valence-corrected chi connectivity index (χ4v) is 3.38. The van der Waals surface area contributed by atoms with Crippen molar-refractivity contribution in [2.75, 3.05) is 19.0 Å². The van der Waals surface area contributed by atoms with Gasteiger partial charge in [0.2, 0.25) is 5.95 Å². The number of hydrogen-bond acceptors (Lipinski definition) is 7. The van der Waals surface area contributed by atoms with Gasteiger partial charge in [0.1, 0.15) is 12.4 Å². The SMILES string of the molecule is COc1cc(Nc2nc(COCC(F)(F)F)cc(C(O)C3CC3)n2)ccc1-n1cnc(C)c1. The summed E-state index contributed by atoms with van der Waals surface area (Å²) in [4.78, 5) is 12.9. The van der Waals surface area contributed by atoms with Crippen LogP contribution in [0, 0.1) is 12.8 Å². The summed E-state index contributed by atoms with van der Waals surface area (Å²) in [5, 5.41) is 13.6. The highest BCUT2D eigenvalue weighted by Crippen LogP contribution is 2.40. The molecule has 4 rings (SSSR count). The van der Waals surface area contributed by atoms with Gasteiger partial charge in [-0.15, -0.1) is 0 Å². The Hall–Kier alpha value is -3.18. The number of alkyl halides is 3. The molecule has 0 radical (unpaired) electrons. The number of nitrogens with zero attached hydrogens (tertiary/aromatic N) is 4. The first-order chi connectivity index (χ1) is 15.7. The molecule has 3 aromatic rings. The molecule has 33 heavy (non-hydrogen) atoms. The van der Waals surface area contributed by atoms with Crippen LogP contribution < -0.4 is 10.1 Å². The van der Waals surface area contributed by atoms with E-state index in [1.54, 1.807) is 25.6 Å². The van der Waals surface area contributed by atoms with Gasteiger partial charge in [-0.05, 0) is 43.9 Å². The Balaban J connectivity index is 1.58. The molecule has 176 valence electrons. The van der Waals surface area contributed by atoms with Crippen LogP contribution in [0.25, 0.3) is 5.69 Å². The molecule has 1 aliphatic carbocycles. The third-order valence-corrected chi connectivity index (χ3v) is 5.11. The van der Waals surface area contributed by atoms with E-state index in [9.17, 15) is 18.3 Å². The average Bonchev–Trinajstić information content (AvgIpc) is 3.52. The number of methoxy groups -OCH3 is 1. The first kappa shape index (κ1) is 23.0.